The quantitative estimate of drug-likeness (QED) is 0.484. The second-order valence-corrected chi connectivity index (χ2v) is 8.40. The van der Waals surface area contributed by atoms with Crippen molar-refractivity contribution in [1.82, 2.24) is 14.9 Å². The largest absolute Gasteiger partial charge is 0.496 e. The summed E-state index contributed by atoms with van der Waals surface area (Å²) < 4.78 is 11.6. The van der Waals surface area contributed by atoms with Gasteiger partial charge in [-0.05, 0) is 52.4 Å². The molecule has 2 aromatic rings. The van der Waals surface area contributed by atoms with Gasteiger partial charge in [-0.1, -0.05) is 32.8 Å². The van der Waals surface area contributed by atoms with E-state index in [9.17, 15) is 0 Å². The van der Waals surface area contributed by atoms with E-state index >= 15 is 0 Å². The molecule has 31 heavy (non-hydrogen) atoms. The lowest BCUT2D eigenvalue weighted by Gasteiger charge is -2.22. The Bertz CT molecular complexity index is 817. The van der Waals surface area contributed by atoms with Crippen LogP contribution < -0.4 is 14.8 Å². The molecule has 6 heteroatoms. The van der Waals surface area contributed by atoms with E-state index in [2.05, 4.69) is 42.0 Å². The lowest BCUT2D eigenvalue weighted by Crippen LogP contribution is -2.22. The number of benzene rings is 1. The van der Waals surface area contributed by atoms with Crippen molar-refractivity contribution in [1.29, 1.82) is 0 Å². The summed E-state index contributed by atoms with van der Waals surface area (Å²) in [5.41, 5.74) is 3.24. The van der Waals surface area contributed by atoms with Gasteiger partial charge in [0.1, 0.15) is 29.7 Å². The molecule has 172 valence electrons. The Kier molecular flexibility index (Phi) is 10.0. The molecule has 0 spiro atoms. The Balaban J connectivity index is 2.28. The van der Waals surface area contributed by atoms with Gasteiger partial charge in [-0.25, -0.2) is 9.97 Å². The van der Waals surface area contributed by atoms with Crippen LogP contribution in [-0.2, 0) is 6.42 Å². The highest BCUT2D eigenvalue weighted by Gasteiger charge is 2.17. The van der Waals surface area contributed by atoms with Gasteiger partial charge in [0, 0.05) is 36.3 Å². The first-order valence-corrected chi connectivity index (χ1v) is 11.4. The number of nitrogens with zero attached hydrogens (tertiary/aromatic N) is 3. The fourth-order valence-corrected chi connectivity index (χ4v) is 3.74. The van der Waals surface area contributed by atoms with Gasteiger partial charge in [-0.2, -0.15) is 0 Å². The standard InChI is InChI=1S/C25H40N4O2/c1-8-10-21(11-9-2)28-25-23(18(3)26-19(4)27-25)16-20-12-13-22(17-24(20)30-7)31-15-14-29(5)6/h12-13,17,21H,8-11,14-16H2,1-7H3,(H,26,27,28). The molecule has 1 N–H and O–H groups in total. The number of ether oxygens (including phenoxy) is 2. The van der Waals surface area contributed by atoms with Crippen LogP contribution >= 0.6 is 0 Å². The number of hydrogen-bond donors (Lipinski definition) is 1. The lowest BCUT2D eigenvalue weighted by molar-refractivity contribution is 0.260. The number of nitrogens with one attached hydrogen (secondary N) is 1. The molecule has 0 unspecified atom stereocenters. The van der Waals surface area contributed by atoms with Gasteiger partial charge in [0.2, 0.25) is 0 Å². The van der Waals surface area contributed by atoms with Crippen molar-refractivity contribution in [2.75, 3.05) is 39.7 Å². The monoisotopic (exact) mass is 428 g/mol. The highest BCUT2D eigenvalue weighted by atomic mass is 16.5. The molecule has 0 bridgehead atoms. The van der Waals surface area contributed by atoms with Crippen LogP contribution in [0.4, 0.5) is 5.82 Å². The van der Waals surface area contributed by atoms with E-state index in [0.29, 0.717) is 19.1 Å². The molecular formula is C25H40N4O2. The molecule has 0 saturated heterocycles. The summed E-state index contributed by atoms with van der Waals surface area (Å²) in [6, 6.07) is 6.50. The summed E-state index contributed by atoms with van der Waals surface area (Å²) in [5, 5.41) is 3.72. The molecule has 0 radical (unpaired) electrons. The molecule has 0 aliphatic heterocycles. The molecule has 0 fully saturated rings. The van der Waals surface area contributed by atoms with Gasteiger partial charge in [0.15, 0.2) is 0 Å². The Morgan fingerprint density at radius 2 is 1.77 bits per heavy atom. The first kappa shape index (κ1) is 24.9. The number of aryl methyl sites for hydroxylation is 2. The van der Waals surface area contributed by atoms with Crippen LogP contribution in [0.3, 0.4) is 0 Å². The zero-order chi connectivity index (χ0) is 22.8. The molecular weight excluding hydrogens is 388 g/mol. The predicted octanol–water partition coefficient (Wildman–Crippen LogP) is 5.01. The predicted molar refractivity (Wildman–Crippen MR) is 129 cm³/mol. The van der Waals surface area contributed by atoms with Gasteiger partial charge >= 0.3 is 0 Å². The van der Waals surface area contributed by atoms with Gasteiger partial charge < -0.3 is 19.7 Å². The molecule has 1 heterocycles. The molecule has 0 saturated carbocycles. The van der Waals surface area contributed by atoms with Gasteiger partial charge in [-0.15, -0.1) is 0 Å². The molecule has 1 aromatic carbocycles. The summed E-state index contributed by atoms with van der Waals surface area (Å²) in [5.74, 6) is 3.40. The fourth-order valence-electron chi connectivity index (χ4n) is 3.74. The zero-order valence-corrected chi connectivity index (χ0v) is 20.4. The van der Waals surface area contributed by atoms with Crippen LogP contribution in [0.25, 0.3) is 0 Å². The number of likely N-dealkylation sites (N-methyl/N-ethyl adjacent to an activating group) is 1. The molecule has 0 aliphatic rings. The number of hydrogen-bond acceptors (Lipinski definition) is 6. The topological polar surface area (TPSA) is 59.5 Å². The van der Waals surface area contributed by atoms with E-state index in [1.807, 2.05) is 33.2 Å². The first-order chi connectivity index (χ1) is 14.9. The molecule has 2 rings (SSSR count). The van der Waals surface area contributed by atoms with Crippen LogP contribution in [0.5, 0.6) is 11.5 Å². The maximum Gasteiger partial charge on any atom is 0.133 e. The minimum absolute atomic E-state index is 0.428. The number of aromatic nitrogens is 2. The smallest absolute Gasteiger partial charge is 0.133 e. The molecule has 0 atom stereocenters. The lowest BCUT2D eigenvalue weighted by atomic mass is 10.0. The number of anilines is 1. The van der Waals surface area contributed by atoms with Crippen molar-refractivity contribution < 1.29 is 9.47 Å². The van der Waals surface area contributed by atoms with Crippen molar-refractivity contribution >= 4 is 5.82 Å². The van der Waals surface area contributed by atoms with Crippen molar-refractivity contribution in [2.24, 2.45) is 0 Å². The Morgan fingerprint density at radius 3 is 2.39 bits per heavy atom. The average Bonchev–Trinajstić information content (AvgIpc) is 2.71. The van der Waals surface area contributed by atoms with Gasteiger partial charge in [0.05, 0.1) is 7.11 Å². The summed E-state index contributed by atoms with van der Waals surface area (Å²) in [6.45, 7) is 10.00. The van der Waals surface area contributed by atoms with Gasteiger partial charge in [0.25, 0.3) is 0 Å². The third kappa shape index (κ3) is 7.69. The van der Waals surface area contributed by atoms with Crippen LogP contribution in [0, 0.1) is 13.8 Å². The summed E-state index contributed by atoms with van der Waals surface area (Å²) in [4.78, 5) is 11.5. The Labute approximate surface area is 188 Å². The Morgan fingerprint density at radius 1 is 1.06 bits per heavy atom. The second kappa shape index (κ2) is 12.5. The SMILES string of the molecule is CCCC(CCC)Nc1nc(C)nc(C)c1Cc1ccc(OCCN(C)C)cc1OC. The first-order valence-electron chi connectivity index (χ1n) is 11.4. The van der Waals surface area contributed by atoms with Crippen molar-refractivity contribution in [3.05, 3.63) is 40.8 Å². The molecule has 0 aliphatic carbocycles. The van der Waals surface area contributed by atoms with E-state index in [0.717, 1.165) is 72.2 Å². The number of rotatable bonds is 13. The normalized spacial score (nSPS) is 11.3. The van der Waals surface area contributed by atoms with Crippen molar-refractivity contribution in [3.8, 4) is 11.5 Å². The van der Waals surface area contributed by atoms with Crippen molar-refractivity contribution in [2.45, 2.75) is 65.8 Å². The average molecular weight is 429 g/mol. The highest BCUT2D eigenvalue weighted by molar-refractivity contribution is 5.52. The minimum atomic E-state index is 0.428. The number of methoxy groups -OCH3 is 1. The third-order valence-corrected chi connectivity index (χ3v) is 5.37. The van der Waals surface area contributed by atoms with Crippen LogP contribution in [-0.4, -0.2) is 55.3 Å². The Hall–Kier alpha value is -2.34. The zero-order valence-electron chi connectivity index (χ0n) is 20.4. The van der Waals surface area contributed by atoms with Gasteiger partial charge in [-0.3, -0.25) is 0 Å². The van der Waals surface area contributed by atoms with Crippen LogP contribution in [0.15, 0.2) is 18.2 Å². The minimum Gasteiger partial charge on any atom is -0.496 e. The van der Waals surface area contributed by atoms with Crippen molar-refractivity contribution in [3.63, 3.8) is 0 Å². The molecule has 1 aromatic heterocycles. The summed E-state index contributed by atoms with van der Waals surface area (Å²) in [6.07, 6.45) is 5.29. The summed E-state index contributed by atoms with van der Waals surface area (Å²) in [7, 11) is 5.78. The molecule has 0 amide bonds. The second-order valence-electron chi connectivity index (χ2n) is 8.40. The summed E-state index contributed by atoms with van der Waals surface area (Å²) >= 11 is 0. The van der Waals surface area contributed by atoms with Crippen LogP contribution in [0.1, 0.15) is 62.2 Å². The van der Waals surface area contributed by atoms with E-state index in [1.54, 1.807) is 7.11 Å². The maximum atomic E-state index is 5.88. The van der Waals surface area contributed by atoms with E-state index < -0.39 is 0 Å². The van der Waals surface area contributed by atoms with Crippen LogP contribution in [0.2, 0.25) is 0 Å². The van der Waals surface area contributed by atoms with E-state index in [4.69, 9.17) is 14.5 Å². The van der Waals surface area contributed by atoms with E-state index in [1.165, 1.54) is 0 Å². The highest BCUT2D eigenvalue weighted by Crippen LogP contribution is 2.30. The fraction of sp³-hybridized carbons (Fsp3) is 0.600. The van der Waals surface area contributed by atoms with E-state index in [-0.39, 0.29) is 0 Å². The third-order valence-electron chi connectivity index (χ3n) is 5.37. The maximum absolute atomic E-state index is 5.88. The molecule has 6 nitrogen and oxygen atoms in total.